The first-order valence-corrected chi connectivity index (χ1v) is 6.16. The summed E-state index contributed by atoms with van der Waals surface area (Å²) in [6.45, 7) is 0. The van der Waals surface area contributed by atoms with Gasteiger partial charge in [-0.1, -0.05) is 18.2 Å². The van der Waals surface area contributed by atoms with Crippen LogP contribution in [0.15, 0.2) is 42.5 Å². The third-order valence-electron chi connectivity index (χ3n) is 3.32. The Hall–Kier alpha value is -2.70. The maximum absolute atomic E-state index is 14.1. The van der Waals surface area contributed by atoms with Crippen LogP contribution in [0.1, 0.15) is 26.3 Å². The van der Waals surface area contributed by atoms with Gasteiger partial charge in [0.05, 0.1) is 22.4 Å². The molecule has 1 aliphatic rings. The van der Waals surface area contributed by atoms with Crippen molar-refractivity contribution in [2.75, 3.05) is 4.90 Å². The first-order valence-electron chi connectivity index (χ1n) is 6.16. The van der Waals surface area contributed by atoms with Crippen molar-refractivity contribution in [1.82, 2.24) is 0 Å². The number of carbonyl (C=O) groups is 2. The van der Waals surface area contributed by atoms with Gasteiger partial charge in [-0.15, -0.1) is 0 Å². The van der Waals surface area contributed by atoms with Gasteiger partial charge in [-0.25, -0.2) is 9.29 Å². The van der Waals surface area contributed by atoms with Gasteiger partial charge >= 0.3 is 6.18 Å². The Morgan fingerprint density at radius 2 is 1.36 bits per heavy atom. The molecule has 2 aromatic carbocycles. The Kier molecular flexibility index (Phi) is 3.01. The number of amides is 2. The van der Waals surface area contributed by atoms with E-state index in [9.17, 15) is 27.2 Å². The molecule has 0 atom stereocenters. The van der Waals surface area contributed by atoms with Crippen LogP contribution in [-0.4, -0.2) is 11.8 Å². The summed E-state index contributed by atoms with van der Waals surface area (Å²) in [5.41, 5.74) is -2.17. The number of carbonyl (C=O) groups excluding carboxylic acids is 2. The Bertz CT molecular complexity index is 763. The van der Waals surface area contributed by atoms with Crippen molar-refractivity contribution in [3.8, 4) is 0 Å². The van der Waals surface area contributed by atoms with E-state index < -0.39 is 35.1 Å². The summed E-state index contributed by atoms with van der Waals surface area (Å²) >= 11 is 0. The summed E-state index contributed by atoms with van der Waals surface area (Å²) in [5.74, 6) is -3.35. The normalized spacial score (nSPS) is 14.5. The van der Waals surface area contributed by atoms with Gasteiger partial charge in [0.15, 0.2) is 5.82 Å². The zero-order chi connectivity index (χ0) is 16.1. The molecule has 1 aliphatic heterocycles. The standard InChI is InChI=1S/C15H7F4NO2/c16-12-10(15(17,18)19)6-3-7-11(12)20-13(21)8-4-1-2-5-9(8)14(20)22/h1-7H. The molecule has 0 bridgehead atoms. The first kappa shape index (κ1) is 14.2. The Labute approximate surface area is 121 Å². The van der Waals surface area contributed by atoms with E-state index >= 15 is 0 Å². The number of halogens is 4. The Balaban J connectivity index is 2.15. The minimum atomic E-state index is -4.92. The number of rotatable bonds is 1. The summed E-state index contributed by atoms with van der Waals surface area (Å²) in [5, 5.41) is 0. The fourth-order valence-electron chi connectivity index (χ4n) is 2.32. The van der Waals surface area contributed by atoms with Crippen LogP contribution in [-0.2, 0) is 6.18 Å². The van der Waals surface area contributed by atoms with Crippen molar-refractivity contribution < 1.29 is 27.2 Å². The van der Waals surface area contributed by atoms with Gasteiger partial charge in [-0.2, -0.15) is 13.2 Å². The maximum atomic E-state index is 14.1. The lowest BCUT2D eigenvalue weighted by molar-refractivity contribution is -0.139. The molecule has 0 spiro atoms. The molecule has 0 saturated heterocycles. The van der Waals surface area contributed by atoms with Crippen LogP contribution in [0.5, 0.6) is 0 Å². The maximum Gasteiger partial charge on any atom is 0.419 e. The van der Waals surface area contributed by atoms with Gasteiger partial charge in [0.1, 0.15) is 0 Å². The number of imide groups is 1. The molecule has 0 unspecified atom stereocenters. The van der Waals surface area contributed by atoms with E-state index in [0.717, 1.165) is 12.1 Å². The highest BCUT2D eigenvalue weighted by atomic mass is 19.4. The largest absolute Gasteiger partial charge is 0.419 e. The molecule has 3 rings (SSSR count). The SMILES string of the molecule is O=C1c2ccccc2C(=O)N1c1cccc(C(F)(F)F)c1F. The van der Waals surface area contributed by atoms with Gasteiger partial charge in [0.25, 0.3) is 11.8 Å². The lowest BCUT2D eigenvalue weighted by atomic mass is 10.1. The molecule has 7 heteroatoms. The summed E-state index contributed by atoms with van der Waals surface area (Å²) in [6, 6.07) is 8.21. The van der Waals surface area contributed by atoms with E-state index in [1.807, 2.05) is 0 Å². The highest BCUT2D eigenvalue weighted by Gasteiger charge is 2.41. The molecule has 22 heavy (non-hydrogen) atoms. The average molecular weight is 309 g/mol. The third-order valence-corrected chi connectivity index (χ3v) is 3.32. The van der Waals surface area contributed by atoms with Gasteiger partial charge in [0.2, 0.25) is 0 Å². The molecular weight excluding hydrogens is 302 g/mol. The number of nitrogens with zero attached hydrogens (tertiary/aromatic N) is 1. The van der Waals surface area contributed by atoms with Crippen molar-refractivity contribution in [1.29, 1.82) is 0 Å². The molecule has 1 heterocycles. The highest BCUT2D eigenvalue weighted by molar-refractivity contribution is 6.34. The summed E-state index contributed by atoms with van der Waals surface area (Å²) < 4.78 is 52.4. The van der Waals surface area contributed by atoms with Crippen molar-refractivity contribution in [2.45, 2.75) is 6.18 Å². The van der Waals surface area contributed by atoms with E-state index in [4.69, 9.17) is 0 Å². The van der Waals surface area contributed by atoms with Gasteiger partial charge < -0.3 is 0 Å². The van der Waals surface area contributed by atoms with Crippen LogP contribution in [0.2, 0.25) is 0 Å². The number of anilines is 1. The molecule has 0 fully saturated rings. The summed E-state index contributed by atoms with van der Waals surface area (Å²) in [6.07, 6.45) is -4.92. The van der Waals surface area contributed by atoms with Crippen LogP contribution in [0.3, 0.4) is 0 Å². The van der Waals surface area contributed by atoms with Crippen LogP contribution < -0.4 is 4.90 Å². The molecule has 0 aromatic heterocycles. The number of hydrogen-bond donors (Lipinski definition) is 0. The molecule has 2 amide bonds. The lowest BCUT2D eigenvalue weighted by Crippen LogP contribution is -2.30. The fourth-order valence-corrected chi connectivity index (χ4v) is 2.32. The van der Waals surface area contributed by atoms with Gasteiger partial charge in [-0.05, 0) is 24.3 Å². The smallest absolute Gasteiger partial charge is 0.268 e. The molecular formula is C15H7F4NO2. The average Bonchev–Trinajstić information content (AvgIpc) is 2.71. The molecule has 0 aliphatic carbocycles. The van der Waals surface area contributed by atoms with E-state index in [2.05, 4.69) is 0 Å². The topological polar surface area (TPSA) is 37.4 Å². The summed E-state index contributed by atoms with van der Waals surface area (Å²) in [7, 11) is 0. The Morgan fingerprint density at radius 3 is 1.86 bits per heavy atom. The van der Waals surface area contributed by atoms with E-state index in [1.54, 1.807) is 0 Å². The van der Waals surface area contributed by atoms with Gasteiger partial charge in [-0.3, -0.25) is 9.59 Å². The van der Waals surface area contributed by atoms with E-state index in [0.29, 0.717) is 11.0 Å². The minimum Gasteiger partial charge on any atom is -0.268 e. The van der Waals surface area contributed by atoms with Crippen molar-refractivity contribution in [3.05, 3.63) is 65.0 Å². The van der Waals surface area contributed by atoms with Crippen LogP contribution in [0.25, 0.3) is 0 Å². The second-order valence-electron chi connectivity index (χ2n) is 4.63. The first-order chi connectivity index (χ1) is 10.3. The van der Waals surface area contributed by atoms with E-state index in [1.165, 1.54) is 24.3 Å². The van der Waals surface area contributed by atoms with Gasteiger partial charge in [0, 0.05) is 0 Å². The molecule has 2 aromatic rings. The number of alkyl halides is 3. The number of benzene rings is 2. The zero-order valence-corrected chi connectivity index (χ0v) is 10.8. The van der Waals surface area contributed by atoms with Crippen molar-refractivity contribution in [2.24, 2.45) is 0 Å². The predicted octanol–water partition coefficient (Wildman–Crippen LogP) is 3.65. The van der Waals surface area contributed by atoms with Crippen molar-refractivity contribution in [3.63, 3.8) is 0 Å². The van der Waals surface area contributed by atoms with Crippen LogP contribution in [0, 0.1) is 5.82 Å². The molecule has 112 valence electrons. The minimum absolute atomic E-state index is 0.0318. The molecule has 0 radical (unpaired) electrons. The highest BCUT2D eigenvalue weighted by Crippen LogP contribution is 2.37. The second kappa shape index (κ2) is 4.66. The Morgan fingerprint density at radius 1 is 0.818 bits per heavy atom. The molecule has 3 nitrogen and oxygen atoms in total. The quantitative estimate of drug-likeness (QED) is 0.596. The lowest BCUT2D eigenvalue weighted by Gasteiger charge is -2.17. The zero-order valence-electron chi connectivity index (χ0n) is 10.8. The van der Waals surface area contributed by atoms with Crippen LogP contribution in [0.4, 0.5) is 23.2 Å². The fraction of sp³-hybridized carbons (Fsp3) is 0.0667. The number of fused-ring (bicyclic) bond motifs is 1. The summed E-state index contributed by atoms with van der Waals surface area (Å²) in [4.78, 5) is 24.8. The monoisotopic (exact) mass is 309 g/mol. The molecule has 0 N–H and O–H groups in total. The number of hydrogen-bond acceptors (Lipinski definition) is 2. The predicted molar refractivity (Wildman–Crippen MR) is 69.0 cm³/mol. The second-order valence-corrected chi connectivity index (χ2v) is 4.63. The molecule has 0 saturated carbocycles. The van der Waals surface area contributed by atoms with E-state index in [-0.39, 0.29) is 11.1 Å². The van der Waals surface area contributed by atoms with Crippen molar-refractivity contribution >= 4 is 17.5 Å². The third kappa shape index (κ3) is 1.97. The van der Waals surface area contributed by atoms with Crippen LogP contribution >= 0.6 is 0 Å².